The number of nitrogens with zero attached hydrogens (tertiary/aromatic N) is 3. The van der Waals surface area contributed by atoms with Gasteiger partial charge in [-0.05, 0) is 25.3 Å². The third-order valence-electron chi connectivity index (χ3n) is 3.05. The first-order valence-electron chi connectivity index (χ1n) is 5.18. The first-order chi connectivity index (χ1) is 6.86. The Morgan fingerprint density at radius 2 is 2.43 bits per heavy atom. The van der Waals surface area contributed by atoms with Gasteiger partial charge in [-0.25, -0.2) is 9.97 Å². The Bertz CT molecular complexity index is 472. The van der Waals surface area contributed by atoms with E-state index in [0.717, 1.165) is 12.2 Å². The molecule has 0 saturated heterocycles. The average molecular weight is 187 g/mol. The molecule has 0 radical (unpaired) electrons. The third kappa shape index (κ3) is 0.983. The second kappa shape index (κ2) is 2.80. The summed E-state index contributed by atoms with van der Waals surface area (Å²) >= 11 is 0. The normalized spacial score (nSPS) is 21.1. The molecule has 3 rings (SSSR count). The van der Waals surface area contributed by atoms with Crippen molar-refractivity contribution in [3.63, 3.8) is 0 Å². The number of aryl methyl sites for hydroxylation is 1. The van der Waals surface area contributed by atoms with Gasteiger partial charge in [-0.2, -0.15) is 0 Å². The first kappa shape index (κ1) is 7.97. The molecule has 2 aromatic heterocycles. The minimum Gasteiger partial charge on any atom is -0.288 e. The van der Waals surface area contributed by atoms with Crippen molar-refractivity contribution in [1.82, 2.24) is 14.4 Å². The molecule has 72 valence electrons. The molecular weight excluding hydrogens is 174 g/mol. The maximum absolute atomic E-state index is 4.59. The molecule has 0 aromatic carbocycles. The lowest BCUT2D eigenvalue weighted by Crippen LogP contribution is -2.07. The summed E-state index contributed by atoms with van der Waals surface area (Å²) in [5.74, 6) is 1.45. The molecule has 0 amide bonds. The smallest absolute Gasteiger partial charge is 0.234 e. The molecule has 2 heterocycles. The molecule has 0 aliphatic heterocycles. The van der Waals surface area contributed by atoms with Crippen molar-refractivity contribution >= 4 is 5.78 Å². The van der Waals surface area contributed by atoms with Crippen LogP contribution in [0.2, 0.25) is 0 Å². The Morgan fingerprint density at radius 1 is 1.50 bits per heavy atom. The second-order valence-corrected chi connectivity index (χ2v) is 4.03. The number of rotatable bonds is 0. The molecule has 1 unspecified atom stereocenters. The zero-order valence-electron chi connectivity index (χ0n) is 8.27. The highest BCUT2D eigenvalue weighted by Gasteiger charge is 2.21. The maximum Gasteiger partial charge on any atom is 0.234 e. The van der Waals surface area contributed by atoms with Crippen LogP contribution in [0.4, 0.5) is 0 Å². The van der Waals surface area contributed by atoms with E-state index in [4.69, 9.17) is 0 Å². The first-order valence-corrected chi connectivity index (χ1v) is 5.18. The van der Waals surface area contributed by atoms with Gasteiger partial charge in [-0.3, -0.25) is 4.40 Å². The Labute approximate surface area is 82.8 Å². The highest BCUT2D eigenvalue weighted by Crippen LogP contribution is 2.30. The number of hydrogen-bond acceptors (Lipinski definition) is 2. The van der Waals surface area contributed by atoms with Crippen molar-refractivity contribution in [2.75, 3.05) is 0 Å². The summed E-state index contributed by atoms with van der Waals surface area (Å²) in [7, 11) is 0. The summed E-state index contributed by atoms with van der Waals surface area (Å²) in [6, 6.07) is 1.97. The summed E-state index contributed by atoms with van der Waals surface area (Å²) in [5.41, 5.74) is 2.63. The lowest BCUT2D eigenvalue weighted by atomic mass is 9.91. The minimum absolute atomic E-state index is 0.598. The van der Waals surface area contributed by atoms with Crippen LogP contribution in [-0.2, 0) is 6.42 Å². The van der Waals surface area contributed by atoms with Crippen LogP contribution in [0.5, 0.6) is 0 Å². The second-order valence-electron chi connectivity index (χ2n) is 4.03. The van der Waals surface area contributed by atoms with Gasteiger partial charge in [0.2, 0.25) is 5.78 Å². The number of aromatic nitrogens is 3. The van der Waals surface area contributed by atoms with Crippen LogP contribution in [0.1, 0.15) is 37.1 Å². The Morgan fingerprint density at radius 3 is 3.36 bits per heavy atom. The summed E-state index contributed by atoms with van der Waals surface area (Å²) in [5, 5.41) is 0. The van der Waals surface area contributed by atoms with E-state index in [1.165, 1.54) is 24.2 Å². The molecule has 1 aliphatic carbocycles. The molecular formula is C11H13N3. The summed E-state index contributed by atoms with van der Waals surface area (Å²) in [6.07, 6.45) is 7.55. The Kier molecular flexibility index (Phi) is 1.60. The number of fused-ring (bicyclic) bond motifs is 3. The van der Waals surface area contributed by atoms with E-state index in [2.05, 4.69) is 27.5 Å². The van der Waals surface area contributed by atoms with E-state index in [0.29, 0.717) is 5.92 Å². The predicted octanol–water partition coefficient (Wildman–Crippen LogP) is 2.17. The highest BCUT2D eigenvalue weighted by molar-refractivity contribution is 5.37. The molecule has 0 bridgehead atoms. The average Bonchev–Trinajstić information content (AvgIpc) is 2.59. The van der Waals surface area contributed by atoms with Crippen LogP contribution in [0.25, 0.3) is 5.78 Å². The van der Waals surface area contributed by atoms with E-state index in [-0.39, 0.29) is 0 Å². The van der Waals surface area contributed by atoms with Crippen LogP contribution in [0.15, 0.2) is 18.5 Å². The third-order valence-corrected chi connectivity index (χ3v) is 3.05. The summed E-state index contributed by atoms with van der Waals surface area (Å²) in [6.45, 7) is 2.25. The van der Waals surface area contributed by atoms with E-state index < -0.39 is 0 Å². The van der Waals surface area contributed by atoms with Crippen LogP contribution < -0.4 is 0 Å². The molecule has 14 heavy (non-hydrogen) atoms. The molecule has 3 heteroatoms. The van der Waals surface area contributed by atoms with Crippen molar-refractivity contribution in [2.45, 2.75) is 32.1 Å². The molecule has 0 spiro atoms. The van der Waals surface area contributed by atoms with Crippen molar-refractivity contribution in [2.24, 2.45) is 0 Å². The van der Waals surface area contributed by atoms with Crippen LogP contribution in [-0.4, -0.2) is 14.4 Å². The van der Waals surface area contributed by atoms with Gasteiger partial charge in [-0.1, -0.05) is 6.92 Å². The van der Waals surface area contributed by atoms with Crippen molar-refractivity contribution in [3.8, 4) is 0 Å². The van der Waals surface area contributed by atoms with Crippen molar-refractivity contribution < 1.29 is 0 Å². The number of hydrogen-bond donors (Lipinski definition) is 0. The van der Waals surface area contributed by atoms with Crippen LogP contribution in [0, 0.1) is 0 Å². The zero-order chi connectivity index (χ0) is 9.54. The fourth-order valence-electron chi connectivity index (χ4n) is 2.31. The molecule has 1 atom stereocenters. The largest absolute Gasteiger partial charge is 0.288 e. The predicted molar refractivity (Wildman–Crippen MR) is 54.3 cm³/mol. The lowest BCUT2D eigenvalue weighted by Gasteiger charge is -2.16. The van der Waals surface area contributed by atoms with E-state index >= 15 is 0 Å². The molecule has 2 aromatic rings. The van der Waals surface area contributed by atoms with E-state index in [1.54, 1.807) is 6.20 Å². The van der Waals surface area contributed by atoms with Gasteiger partial charge >= 0.3 is 0 Å². The summed E-state index contributed by atoms with van der Waals surface area (Å²) in [4.78, 5) is 8.86. The van der Waals surface area contributed by atoms with Gasteiger partial charge in [0, 0.05) is 24.0 Å². The topological polar surface area (TPSA) is 30.2 Å². The quantitative estimate of drug-likeness (QED) is 0.632. The molecule has 0 fully saturated rings. The summed E-state index contributed by atoms with van der Waals surface area (Å²) < 4.78 is 2.13. The van der Waals surface area contributed by atoms with Gasteiger partial charge in [-0.15, -0.1) is 0 Å². The minimum atomic E-state index is 0.598. The van der Waals surface area contributed by atoms with Gasteiger partial charge in [0.1, 0.15) is 0 Å². The van der Waals surface area contributed by atoms with Crippen LogP contribution >= 0.6 is 0 Å². The van der Waals surface area contributed by atoms with Crippen molar-refractivity contribution in [1.29, 1.82) is 0 Å². The SMILES string of the molecule is CC1CCCc2c1nc1ncccn21. The fraction of sp³-hybridized carbons (Fsp3) is 0.455. The highest BCUT2D eigenvalue weighted by atomic mass is 15.1. The van der Waals surface area contributed by atoms with Crippen LogP contribution in [0.3, 0.4) is 0 Å². The monoisotopic (exact) mass is 187 g/mol. The standard InChI is InChI=1S/C11H13N3/c1-8-4-2-5-9-10(8)13-11-12-6-3-7-14(9)11/h3,6-8H,2,4-5H2,1H3. The van der Waals surface area contributed by atoms with Gasteiger partial charge in [0.25, 0.3) is 0 Å². The molecule has 1 aliphatic rings. The molecule has 0 saturated carbocycles. The Balaban J connectivity index is 2.32. The maximum atomic E-state index is 4.59. The Hall–Kier alpha value is -1.38. The zero-order valence-corrected chi connectivity index (χ0v) is 8.27. The fourth-order valence-corrected chi connectivity index (χ4v) is 2.31. The molecule has 3 nitrogen and oxygen atoms in total. The van der Waals surface area contributed by atoms with Gasteiger partial charge in [0.15, 0.2) is 0 Å². The van der Waals surface area contributed by atoms with Crippen molar-refractivity contribution in [3.05, 3.63) is 29.8 Å². The van der Waals surface area contributed by atoms with Gasteiger partial charge in [0.05, 0.1) is 5.69 Å². The van der Waals surface area contributed by atoms with E-state index in [1.807, 2.05) is 6.07 Å². The lowest BCUT2D eigenvalue weighted by molar-refractivity contribution is 0.570. The van der Waals surface area contributed by atoms with Gasteiger partial charge < -0.3 is 0 Å². The number of imidazole rings is 1. The van der Waals surface area contributed by atoms with E-state index in [9.17, 15) is 0 Å². The molecule has 0 N–H and O–H groups in total.